The van der Waals surface area contributed by atoms with Gasteiger partial charge in [0.05, 0.1) is 11.1 Å². The van der Waals surface area contributed by atoms with E-state index in [1.54, 1.807) is 6.20 Å². The molecule has 0 fully saturated rings. The molecule has 0 aliphatic carbocycles. The lowest BCUT2D eigenvalue weighted by Gasteiger charge is -2.03. The maximum Gasteiger partial charge on any atom is 0.137 e. The molecule has 3 aromatic rings. The van der Waals surface area contributed by atoms with E-state index in [0.717, 1.165) is 17.2 Å². The summed E-state index contributed by atoms with van der Waals surface area (Å²) in [5.74, 6) is 2.33. The van der Waals surface area contributed by atoms with E-state index in [0.29, 0.717) is 21.8 Å². The third kappa shape index (κ3) is 8.93. The van der Waals surface area contributed by atoms with E-state index in [2.05, 4.69) is 58.3 Å². The van der Waals surface area contributed by atoms with Crippen LogP contribution >= 0.6 is 12.6 Å². The first-order chi connectivity index (χ1) is 15.4. The Morgan fingerprint density at radius 3 is 2.06 bits per heavy atom. The standard InChI is InChI=1S/C17H12N2OS.C7H16.C4H10/c1-11-2-4-12(5-3-11)14-6-7-15(20-14)17-13(8-18)9-19-10-16(17)21;1-4-6-7(3)5-2;1-3-4-2/h2-7,9-10,21H,1H3;7H,4-6H2,1-3H3;3-4H2,1-2H3. The number of nitriles is 1. The van der Waals surface area contributed by atoms with Crippen LogP contribution in [0.5, 0.6) is 0 Å². The summed E-state index contributed by atoms with van der Waals surface area (Å²) >= 11 is 4.37. The van der Waals surface area contributed by atoms with E-state index < -0.39 is 0 Å². The number of hydrogen-bond donors (Lipinski definition) is 1. The second-order valence-corrected chi connectivity index (χ2v) is 8.51. The van der Waals surface area contributed by atoms with Gasteiger partial charge < -0.3 is 4.42 Å². The molecule has 0 bridgehead atoms. The fraction of sp³-hybridized carbons (Fsp3) is 0.429. The van der Waals surface area contributed by atoms with Crippen LogP contribution in [0.15, 0.2) is 58.1 Å². The van der Waals surface area contributed by atoms with Gasteiger partial charge in [-0.1, -0.05) is 96.6 Å². The predicted molar refractivity (Wildman–Crippen MR) is 139 cm³/mol. The smallest absolute Gasteiger partial charge is 0.137 e. The number of aromatic nitrogens is 1. The minimum absolute atomic E-state index is 0.451. The number of thiol groups is 1. The van der Waals surface area contributed by atoms with Gasteiger partial charge in [-0.3, -0.25) is 4.98 Å². The van der Waals surface area contributed by atoms with E-state index in [-0.39, 0.29) is 0 Å². The number of nitrogens with zero attached hydrogens (tertiary/aromatic N) is 2. The average Bonchev–Trinajstić information content (AvgIpc) is 3.29. The minimum Gasteiger partial charge on any atom is -0.456 e. The highest BCUT2D eigenvalue weighted by Gasteiger charge is 2.14. The van der Waals surface area contributed by atoms with Crippen molar-refractivity contribution >= 4 is 12.6 Å². The Hall–Kier alpha value is -2.51. The first-order valence-corrected chi connectivity index (χ1v) is 12.1. The van der Waals surface area contributed by atoms with E-state index >= 15 is 0 Å². The molecule has 0 amide bonds. The Kier molecular flexibility index (Phi) is 13.2. The molecule has 0 aliphatic heterocycles. The lowest BCUT2D eigenvalue weighted by atomic mass is 10.0. The molecule has 0 saturated carbocycles. The van der Waals surface area contributed by atoms with E-state index in [1.807, 2.05) is 43.3 Å². The molecular weight excluding hydrogens is 412 g/mol. The number of unbranched alkanes of at least 4 members (excludes halogenated alkanes) is 1. The first kappa shape index (κ1) is 27.5. The Bertz CT molecular complexity index is 952. The van der Waals surface area contributed by atoms with Gasteiger partial charge in [-0.05, 0) is 25.0 Å². The average molecular weight is 451 g/mol. The van der Waals surface area contributed by atoms with Crippen molar-refractivity contribution < 1.29 is 4.42 Å². The lowest BCUT2D eigenvalue weighted by molar-refractivity contribution is 0.509. The third-order valence-electron chi connectivity index (χ3n) is 5.21. The van der Waals surface area contributed by atoms with Crippen LogP contribution in [0, 0.1) is 24.2 Å². The van der Waals surface area contributed by atoms with Crippen LogP contribution in [0.4, 0.5) is 0 Å². The molecule has 1 atom stereocenters. The summed E-state index contributed by atoms with van der Waals surface area (Å²) in [6, 6.07) is 14.0. The van der Waals surface area contributed by atoms with Crippen LogP contribution in [0.2, 0.25) is 0 Å². The highest BCUT2D eigenvalue weighted by molar-refractivity contribution is 7.80. The van der Waals surface area contributed by atoms with Gasteiger partial charge in [0.1, 0.15) is 17.6 Å². The van der Waals surface area contributed by atoms with Crippen molar-refractivity contribution in [3.63, 3.8) is 0 Å². The summed E-state index contributed by atoms with van der Waals surface area (Å²) in [6.45, 7) is 13.2. The van der Waals surface area contributed by atoms with E-state index in [4.69, 9.17) is 4.42 Å². The summed E-state index contributed by atoms with van der Waals surface area (Å²) in [7, 11) is 0. The van der Waals surface area contributed by atoms with Crippen molar-refractivity contribution in [1.29, 1.82) is 5.26 Å². The molecular formula is C28H38N2OS. The second-order valence-electron chi connectivity index (χ2n) is 8.03. The molecule has 2 heterocycles. The number of rotatable bonds is 6. The molecule has 32 heavy (non-hydrogen) atoms. The predicted octanol–water partition coefficient (Wildman–Crippen LogP) is 9.12. The quantitative estimate of drug-likeness (QED) is 0.381. The number of furan rings is 1. The van der Waals surface area contributed by atoms with Gasteiger partial charge in [0, 0.05) is 22.9 Å². The Morgan fingerprint density at radius 2 is 1.56 bits per heavy atom. The second kappa shape index (κ2) is 15.3. The molecule has 4 heteroatoms. The molecule has 0 spiro atoms. The molecule has 3 nitrogen and oxygen atoms in total. The van der Waals surface area contributed by atoms with E-state index in [1.165, 1.54) is 43.9 Å². The van der Waals surface area contributed by atoms with Crippen molar-refractivity contribution in [3.05, 3.63) is 59.9 Å². The topological polar surface area (TPSA) is 49.8 Å². The van der Waals surface area contributed by atoms with Crippen LogP contribution < -0.4 is 0 Å². The van der Waals surface area contributed by atoms with Gasteiger partial charge in [0.2, 0.25) is 0 Å². The van der Waals surface area contributed by atoms with E-state index in [9.17, 15) is 5.26 Å². The summed E-state index contributed by atoms with van der Waals surface area (Å²) in [5.41, 5.74) is 3.32. The normalized spacial score (nSPS) is 10.8. The number of benzene rings is 1. The minimum atomic E-state index is 0.451. The Labute approximate surface area is 200 Å². The Balaban J connectivity index is 0.000000390. The van der Waals surface area contributed by atoms with Gasteiger partial charge in [0.25, 0.3) is 0 Å². The molecule has 172 valence electrons. The Morgan fingerprint density at radius 1 is 0.938 bits per heavy atom. The first-order valence-electron chi connectivity index (χ1n) is 11.7. The van der Waals surface area contributed by atoms with Crippen LogP contribution in [0.25, 0.3) is 22.6 Å². The van der Waals surface area contributed by atoms with Gasteiger partial charge in [-0.25, -0.2) is 0 Å². The summed E-state index contributed by atoms with van der Waals surface area (Å²) < 4.78 is 5.89. The molecule has 0 radical (unpaired) electrons. The van der Waals surface area contributed by atoms with Crippen LogP contribution in [0.3, 0.4) is 0 Å². The monoisotopic (exact) mass is 450 g/mol. The summed E-state index contributed by atoms with van der Waals surface area (Å²) in [4.78, 5) is 4.60. The zero-order valence-electron chi connectivity index (χ0n) is 20.5. The van der Waals surface area contributed by atoms with Crippen molar-refractivity contribution in [2.24, 2.45) is 5.92 Å². The number of hydrogen-bond acceptors (Lipinski definition) is 4. The zero-order chi connectivity index (χ0) is 23.9. The van der Waals surface area contributed by atoms with Gasteiger partial charge in [-0.2, -0.15) is 5.26 Å². The highest BCUT2D eigenvalue weighted by Crippen LogP contribution is 2.33. The molecule has 0 N–H and O–H groups in total. The molecule has 2 aromatic heterocycles. The van der Waals surface area contributed by atoms with Gasteiger partial charge >= 0.3 is 0 Å². The molecule has 0 saturated heterocycles. The molecule has 3 rings (SSSR count). The fourth-order valence-corrected chi connectivity index (χ4v) is 3.13. The van der Waals surface area contributed by atoms with Gasteiger partial charge in [-0.15, -0.1) is 12.6 Å². The van der Waals surface area contributed by atoms with Crippen molar-refractivity contribution in [2.45, 2.75) is 78.5 Å². The van der Waals surface area contributed by atoms with Gasteiger partial charge in [0.15, 0.2) is 0 Å². The van der Waals surface area contributed by atoms with Crippen molar-refractivity contribution in [1.82, 2.24) is 4.98 Å². The summed E-state index contributed by atoms with van der Waals surface area (Å²) in [5, 5.41) is 9.19. The highest BCUT2D eigenvalue weighted by atomic mass is 32.1. The number of pyridine rings is 1. The number of aryl methyl sites for hydroxylation is 1. The fourth-order valence-electron chi connectivity index (χ4n) is 2.84. The molecule has 1 aromatic carbocycles. The maximum absolute atomic E-state index is 9.19. The van der Waals surface area contributed by atoms with Crippen molar-refractivity contribution in [3.8, 4) is 28.7 Å². The maximum atomic E-state index is 9.19. The van der Waals surface area contributed by atoms with Crippen LogP contribution in [-0.4, -0.2) is 4.98 Å². The zero-order valence-corrected chi connectivity index (χ0v) is 21.4. The SMILES string of the molecule is CCCC.CCCC(C)CC.Cc1ccc(-c2ccc(-c3c(S)cncc3C#N)o2)cc1. The van der Waals surface area contributed by atoms with Crippen molar-refractivity contribution in [2.75, 3.05) is 0 Å². The third-order valence-corrected chi connectivity index (χ3v) is 5.55. The largest absolute Gasteiger partial charge is 0.456 e. The van der Waals surface area contributed by atoms with Crippen LogP contribution in [-0.2, 0) is 0 Å². The summed E-state index contributed by atoms with van der Waals surface area (Å²) in [6.07, 6.45) is 9.84. The molecule has 1 unspecified atom stereocenters. The van der Waals surface area contributed by atoms with Crippen LogP contribution in [0.1, 0.15) is 77.8 Å². The molecule has 0 aliphatic rings. The lowest BCUT2D eigenvalue weighted by Crippen LogP contribution is -1.88.